The molecule has 2 atom stereocenters. The summed E-state index contributed by atoms with van der Waals surface area (Å²) in [5, 5.41) is 13.3. The van der Waals surface area contributed by atoms with Gasteiger partial charge in [-0.3, -0.25) is 0 Å². The second-order valence-corrected chi connectivity index (χ2v) is 6.81. The predicted molar refractivity (Wildman–Crippen MR) is 80.3 cm³/mol. The van der Waals surface area contributed by atoms with Crippen LogP contribution in [0.3, 0.4) is 0 Å². The lowest BCUT2D eigenvalue weighted by Crippen LogP contribution is -2.55. The predicted octanol–water partition coefficient (Wildman–Crippen LogP) is 2.39. The summed E-state index contributed by atoms with van der Waals surface area (Å²) >= 11 is 0. The smallest absolute Gasteiger partial charge is 0.0613 e. The second-order valence-electron chi connectivity index (χ2n) is 6.81. The molecule has 0 radical (unpaired) electrons. The van der Waals surface area contributed by atoms with Gasteiger partial charge in [-0.2, -0.15) is 0 Å². The maximum atomic E-state index is 9.78. The molecule has 0 aliphatic heterocycles. The van der Waals surface area contributed by atoms with Gasteiger partial charge in [0.25, 0.3) is 0 Å². The minimum atomic E-state index is -0.0123. The number of aliphatic hydroxyl groups is 1. The molecule has 0 amide bonds. The van der Waals surface area contributed by atoms with Gasteiger partial charge in [-0.15, -0.1) is 0 Å². The van der Waals surface area contributed by atoms with Crippen molar-refractivity contribution in [3.8, 4) is 0 Å². The highest BCUT2D eigenvalue weighted by Gasteiger charge is 2.36. The minimum Gasteiger partial charge on any atom is -0.394 e. The molecular weight excluding hydrogens is 236 g/mol. The molecule has 0 aromatic heterocycles. The Labute approximate surface area is 118 Å². The molecule has 2 saturated carbocycles. The molecule has 3 heteroatoms. The van der Waals surface area contributed by atoms with Crippen LogP contribution in [0.1, 0.15) is 58.3 Å². The van der Waals surface area contributed by atoms with E-state index < -0.39 is 0 Å². The van der Waals surface area contributed by atoms with Gasteiger partial charge >= 0.3 is 0 Å². The van der Waals surface area contributed by atoms with E-state index >= 15 is 0 Å². The van der Waals surface area contributed by atoms with Gasteiger partial charge in [0.05, 0.1) is 6.61 Å². The summed E-state index contributed by atoms with van der Waals surface area (Å²) in [4.78, 5) is 2.58. The maximum absolute atomic E-state index is 9.78. The monoisotopic (exact) mass is 268 g/mol. The van der Waals surface area contributed by atoms with Crippen molar-refractivity contribution in [3.63, 3.8) is 0 Å². The van der Waals surface area contributed by atoms with Crippen molar-refractivity contribution in [1.29, 1.82) is 0 Å². The number of rotatable bonds is 6. The molecule has 2 N–H and O–H groups in total. The topological polar surface area (TPSA) is 35.5 Å². The average molecular weight is 268 g/mol. The van der Waals surface area contributed by atoms with E-state index in [1.807, 2.05) is 0 Å². The minimum absolute atomic E-state index is 0.0123. The van der Waals surface area contributed by atoms with Crippen LogP contribution in [-0.2, 0) is 0 Å². The molecule has 0 aromatic carbocycles. The lowest BCUT2D eigenvalue weighted by molar-refractivity contribution is 0.0651. The van der Waals surface area contributed by atoms with Crippen LogP contribution in [0.2, 0.25) is 0 Å². The third-order valence-corrected chi connectivity index (χ3v) is 5.32. The summed E-state index contributed by atoms with van der Waals surface area (Å²) in [7, 11) is 2.29. The third-order valence-electron chi connectivity index (χ3n) is 5.32. The number of nitrogens with one attached hydrogen (secondary N) is 1. The first kappa shape index (κ1) is 15.3. The molecular formula is C16H32N2O. The molecule has 0 spiro atoms. The molecule has 3 nitrogen and oxygen atoms in total. The summed E-state index contributed by atoms with van der Waals surface area (Å²) in [5.41, 5.74) is -0.0123. The molecule has 0 bridgehead atoms. The van der Waals surface area contributed by atoms with E-state index in [1.54, 1.807) is 0 Å². The van der Waals surface area contributed by atoms with Gasteiger partial charge in [-0.05, 0) is 58.0 Å². The Kier molecular flexibility index (Phi) is 5.67. The Balaban J connectivity index is 1.88. The summed E-state index contributed by atoms with van der Waals surface area (Å²) in [6, 6.07) is 0.653. The van der Waals surface area contributed by atoms with Crippen molar-refractivity contribution in [2.75, 3.05) is 26.7 Å². The van der Waals surface area contributed by atoms with Crippen LogP contribution in [0.5, 0.6) is 0 Å². The van der Waals surface area contributed by atoms with Crippen molar-refractivity contribution in [3.05, 3.63) is 0 Å². The van der Waals surface area contributed by atoms with E-state index in [4.69, 9.17) is 0 Å². The van der Waals surface area contributed by atoms with Crippen molar-refractivity contribution in [1.82, 2.24) is 10.2 Å². The average Bonchev–Trinajstić information content (AvgIpc) is 2.92. The van der Waals surface area contributed by atoms with Crippen molar-refractivity contribution in [2.24, 2.45) is 5.92 Å². The molecule has 2 rings (SSSR count). The normalized spacial score (nSPS) is 33.2. The number of hydrogen-bond donors (Lipinski definition) is 2. The second kappa shape index (κ2) is 7.05. The lowest BCUT2D eigenvalue weighted by Gasteiger charge is -2.44. The van der Waals surface area contributed by atoms with Crippen molar-refractivity contribution < 1.29 is 5.11 Å². The molecule has 19 heavy (non-hydrogen) atoms. The highest BCUT2D eigenvalue weighted by molar-refractivity contribution is 4.96. The van der Waals surface area contributed by atoms with E-state index in [0.717, 1.165) is 25.3 Å². The van der Waals surface area contributed by atoms with E-state index in [2.05, 4.69) is 24.2 Å². The van der Waals surface area contributed by atoms with Crippen molar-refractivity contribution in [2.45, 2.75) is 69.9 Å². The first-order valence-corrected chi connectivity index (χ1v) is 8.25. The fraction of sp³-hybridized carbons (Fsp3) is 1.00. The third kappa shape index (κ3) is 3.93. The van der Waals surface area contributed by atoms with Gasteiger partial charge in [-0.25, -0.2) is 0 Å². The van der Waals surface area contributed by atoms with Crippen LogP contribution in [-0.4, -0.2) is 48.3 Å². The van der Waals surface area contributed by atoms with Gasteiger partial charge in [0.1, 0.15) is 0 Å². The van der Waals surface area contributed by atoms with Crippen LogP contribution >= 0.6 is 0 Å². The number of likely N-dealkylation sites (N-methyl/N-ethyl adjacent to an activating group) is 1. The fourth-order valence-corrected chi connectivity index (χ4v) is 4.19. The molecule has 2 fully saturated rings. The number of nitrogens with zero attached hydrogens (tertiary/aromatic N) is 1. The molecule has 0 heterocycles. The van der Waals surface area contributed by atoms with Crippen LogP contribution in [0.4, 0.5) is 0 Å². The molecule has 112 valence electrons. The maximum Gasteiger partial charge on any atom is 0.0613 e. The van der Waals surface area contributed by atoms with Crippen LogP contribution in [0.15, 0.2) is 0 Å². The SMILES string of the molecule is CCNC1(CO)CCCC(N(C)CC2CCCC2)C1. The van der Waals surface area contributed by atoms with Gasteiger partial charge < -0.3 is 15.3 Å². The van der Waals surface area contributed by atoms with Gasteiger partial charge in [-0.1, -0.05) is 19.8 Å². The molecule has 2 aliphatic rings. The Bertz CT molecular complexity index is 261. The Morgan fingerprint density at radius 2 is 1.95 bits per heavy atom. The highest BCUT2D eigenvalue weighted by atomic mass is 16.3. The Morgan fingerprint density at radius 1 is 1.21 bits per heavy atom. The zero-order chi connectivity index (χ0) is 13.7. The van der Waals surface area contributed by atoms with Gasteiger partial charge in [0, 0.05) is 18.1 Å². The quantitative estimate of drug-likeness (QED) is 0.776. The summed E-state index contributed by atoms with van der Waals surface area (Å²) in [6.07, 6.45) is 10.5. The Morgan fingerprint density at radius 3 is 2.58 bits per heavy atom. The van der Waals surface area contributed by atoms with E-state index in [-0.39, 0.29) is 12.1 Å². The molecule has 2 unspecified atom stereocenters. The van der Waals surface area contributed by atoms with Crippen molar-refractivity contribution >= 4 is 0 Å². The van der Waals surface area contributed by atoms with Crippen LogP contribution in [0, 0.1) is 5.92 Å². The number of hydrogen-bond acceptors (Lipinski definition) is 3. The van der Waals surface area contributed by atoms with Crippen LogP contribution < -0.4 is 5.32 Å². The first-order valence-electron chi connectivity index (χ1n) is 8.25. The Hall–Kier alpha value is -0.120. The highest BCUT2D eigenvalue weighted by Crippen LogP contribution is 2.32. The van der Waals surface area contributed by atoms with Crippen LogP contribution in [0.25, 0.3) is 0 Å². The standard InChI is InChI=1S/C16H32N2O/c1-3-17-16(13-19)10-6-9-15(11-16)18(2)12-14-7-4-5-8-14/h14-15,17,19H,3-13H2,1-2H3. The van der Waals surface area contributed by atoms with E-state index in [9.17, 15) is 5.11 Å². The molecule has 2 aliphatic carbocycles. The lowest BCUT2D eigenvalue weighted by atomic mass is 9.78. The van der Waals surface area contributed by atoms with E-state index in [1.165, 1.54) is 45.1 Å². The summed E-state index contributed by atoms with van der Waals surface area (Å²) in [6.45, 7) is 4.65. The number of aliphatic hydroxyl groups excluding tert-OH is 1. The van der Waals surface area contributed by atoms with Gasteiger partial charge in [0.15, 0.2) is 0 Å². The summed E-state index contributed by atoms with van der Waals surface area (Å²) < 4.78 is 0. The van der Waals surface area contributed by atoms with E-state index in [0.29, 0.717) is 6.04 Å². The summed E-state index contributed by atoms with van der Waals surface area (Å²) in [5.74, 6) is 0.926. The zero-order valence-corrected chi connectivity index (χ0v) is 12.8. The van der Waals surface area contributed by atoms with Gasteiger partial charge in [0.2, 0.25) is 0 Å². The molecule has 0 aromatic rings. The molecule has 0 saturated heterocycles. The fourth-order valence-electron chi connectivity index (χ4n) is 4.19. The zero-order valence-electron chi connectivity index (χ0n) is 12.8. The first-order chi connectivity index (χ1) is 9.19. The largest absolute Gasteiger partial charge is 0.394 e.